The molecule has 2 rings (SSSR count). The van der Waals surface area contributed by atoms with Crippen molar-refractivity contribution < 1.29 is 38.8 Å². The summed E-state index contributed by atoms with van der Waals surface area (Å²) in [6, 6.07) is 7.64. The molecule has 1 heterocycles. The van der Waals surface area contributed by atoms with E-state index in [1.165, 1.54) is 16.5 Å². The highest BCUT2D eigenvalue weighted by Gasteiger charge is 2.17. The Morgan fingerprint density at radius 3 is 2.50 bits per heavy atom. The number of benzene rings is 1. The number of nitrogens with two attached hydrogens (primary N) is 1. The van der Waals surface area contributed by atoms with Crippen LogP contribution in [0.2, 0.25) is 0 Å². The van der Waals surface area contributed by atoms with E-state index >= 15 is 0 Å². The van der Waals surface area contributed by atoms with Crippen molar-refractivity contribution in [2.45, 2.75) is 25.3 Å². The van der Waals surface area contributed by atoms with Crippen LogP contribution in [0.4, 0.5) is 0 Å². The van der Waals surface area contributed by atoms with E-state index in [0.29, 0.717) is 6.42 Å². The largest absolute Gasteiger partial charge is 0.480 e. The van der Waals surface area contributed by atoms with Crippen molar-refractivity contribution >= 4 is 27.8 Å². The molecular weight excluding hydrogens is 384 g/mol. The number of hydrogen-bond acceptors (Lipinski definition) is 6. The number of hydrogen-bond donors (Lipinski definition) is 3. The van der Waals surface area contributed by atoms with E-state index in [1.807, 2.05) is 6.07 Å². The highest BCUT2D eigenvalue weighted by atomic mass is 35.7. The average Bonchev–Trinajstić information content (AvgIpc) is 2.94. The molecule has 8 nitrogen and oxygen atoms in total. The Hall–Kier alpha value is -1.33. The molecule has 4 N–H and O–H groups in total. The fourth-order valence-corrected chi connectivity index (χ4v) is 3.90. The van der Waals surface area contributed by atoms with Crippen LogP contribution < -0.4 is 24.4 Å². The minimum atomic E-state index is -4.94. The van der Waals surface area contributed by atoms with Gasteiger partial charge in [0.25, 0.3) is 0 Å². The van der Waals surface area contributed by atoms with Crippen molar-refractivity contribution in [1.29, 1.82) is 0 Å². The molecular formula is C16H23ClN2O6S. The molecule has 1 aromatic carbocycles. The highest BCUT2D eigenvalue weighted by Crippen LogP contribution is 2.19. The number of aliphatic carboxylic acids is 1. The molecule has 146 valence electrons. The molecule has 2 aromatic rings. The molecule has 0 aliphatic heterocycles. The van der Waals surface area contributed by atoms with E-state index in [1.54, 1.807) is 0 Å². The van der Waals surface area contributed by atoms with Crippen molar-refractivity contribution in [2.75, 3.05) is 17.8 Å². The first-order chi connectivity index (χ1) is 12.1. The zero-order valence-corrected chi connectivity index (χ0v) is 15.9. The van der Waals surface area contributed by atoms with E-state index in [9.17, 15) is 4.79 Å². The molecule has 1 aromatic heterocycles. The number of aryl methyl sites for hydroxylation is 1. The van der Waals surface area contributed by atoms with Crippen LogP contribution in [0.25, 0.3) is 10.9 Å². The van der Waals surface area contributed by atoms with E-state index < -0.39 is 22.3 Å². The Balaban J connectivity index is 0.000000597. The molecule has 0 aliphatic carbocycles. The quantitative estimate of drug-likeness (QED) is 0.403. The van der Waals surface area contributed by atoms with Crippen LogP contribution in [0.3, 0.4) is 0 Å². The molecule has 0 spiro atoms. The number of para-hydroxylation sites is 1. The summed E-state index contributed by atoms with van der Waals surface area (Å²) in [6.45, 7) is 0. The summed E-state index contributed by atoms with van der Waals surface area (Å²) in [5.74, 6) is 1.14. The maximum atomic E-state index is 10.7. The standard InChI is InChI=1S/C16H22N2O2S.ClHO4/c1-21(10-8-14(17)16(19)20)9-4-5-12-11-18-15-7-3-2-6-13(12)15;2-1(3,4)5/h2-3,6-7,11,14,18H,4-5,8-10,17H2,1H3;(H,2,3,4,5). The third-order valence-corrected chi connectivity index (χ3v) is 5.63. The number of aromatic amines is 1. The van der Waals surface area contributed by atoms with Gasteiger partial charge >= 0.3 is 5.97 Å². The van der Waals surface area contributed by atoms with Crippen LogP contribution in [0.5, 0.6) is 0 Å². The first-order valence-electron chi connectivity index (χ1n) is 7.82. The Labute approximate surface area is 156 Å². The number of rotatable bonds is 8. The monoisotopic (exact) mass is 406 g/mol. The second-order valence-electron chi connectivity index (χ2n) is 5.76. The van der Waals surface area contributed by atoms with Gasteiger partial charge in [-0.3, -0.25) is 4.79 Å². The van der Waals surface area contributed by atoms with Gasteiger partial charge < -0.3 is 15.8 Å². The smallest absolute Gasteiger partial charge is 0.320 e. The van der Waals surface area contributed by atoms with Gasteiger partial charge in [0.2, 0.25) is 0 Å². The minimum Gasteiger partial charge on any atom is -0.480 e. The highest BCUT2D eigenvalue weighted by molar-refractivity contribution is 7.96. The van der Waals surface area contributed by atoms with E-state index in [-0.39, 0.29) is 10.9 Å². The SMILES string of the molecule is C[S+](CCCc1c[nH]c2ccccc12)CCC(N)C(=O)O.[O-][Cl+3]([O-])([O-])[O-]. The Kier molecular flexibility index (Phi) is 9.37. The molecule has 0 saturated heterocycles. The van der Waals surface area contributed by atoms with Crippen molar-refractivity contribution in [3.8, 4) is 0 Å². The molecule has 10 heteroatoms. The number of carboxylic acid groups (broad SMARTS) is 1. The zero-order chi connectivity index (χ0) is 19.7. The van der Waals surface area contributed by atoms with Gasteiger partial charge in [-0.05, 0) is 35.4 Å². The Bertz CT molecular complexity index is 685. The van der Waals surface area contributed by atoms with Crippen LogP contribution in [-0.2, 0) is 22.1 Å². The molecule has 0 aliphatic rings. The lowest BCUT2D eigenvalue weighted by Gasteiger charge is -2.17. The summed E-state index contributed by atoms with van der Waals surface area (Å²) in [4.78, 5) is 14.0. The maximum absolute atomic E-state index is 10.7. The molecule has 0 saturated carbocycles. The van der Waals surface area contributed by atoms with Gasteiger partial charge in [0, 0.05) is 23.5 Å². The minimum absolute atomic E-state index is 0.244. The molecule has 0 amide bonds. The number of aromatic nitrogens is 1. The van der Waals surface area contributed by atoms with Crippen LogP contribution in [0.1, 0.15) is 18.4 Å². The summed E-state index contributed by atoms with van der Waals surface area (Å²) >= 11 is 0. The van der Waals surface area contributed by atoms with Gasteiger partial charge in [-0.1, -0.05) is 18.2 Å². The van der Waals surface area contributed by atoms with Gasteiger partial charge in [-0.15, -0.1) is 10.2 Å². The zero-order valence-electron chi connectivity index (χ0n) is 14.4. The fourth-order valence-electron chi connectivity index (χ4n) is 2.40. The van der Waals surface area contributed by atoms with Crippen molar-refractivity contribution in [1.82, 2.24) is 4.98 Å². The van der Waals surface area contributed by atoms with Gasteiger partial charge in [0.1, 0.15) is 17.5 Å². The third-order valence-electron chi connectivity index (χ3n) is 3.71. The second kappa shape index (κ2) is 10.7. The summed E-state index contributed by atoms with van der Waals surface area (Å²) in [5, 5.41) is 10.1. The lowest BCUT2D eigenvalue weighted by molar-refractivity contribution is -2.00. The summed E-state index contributed by atoms with van der Waals surface area (Å²) in [7, 11) is -4.70. The lowest BCUT2D eigenvalue weighted by Crippen LogP contribution is -2.68. The number of H-pyrrole nitrogens is 1. The van der Waals surface area contributed by atoms with Crippen LogP contribution in [0.15, 0.2) is 30.5 Å². The normalized spacial score (nSPS) is 13.8. The molecule has 2 atom stereocenters. The first kappa shape index (κ1) is 22.7. The van der Waals surface area contributed by atoms with Crippen LogP contribution in [-0.4, -0.2) is 39.9 Å². The number of fused-ring (bicyclic) bond motifs is 1. The van der Waals surface area contributed by atoms with E-state index in [4.69, 9.17) is 29.5 Å². The van der Waals surface area contributed by atoms with Gasteiger partial charge in [-0.2, -0.15) is 0 Å². The lowest BCUT2D eigenvalue weighted by atomic mass is 10.1. The molecule has 26 heavy (non-hydrogen) atoms. The maximum Gasteiger partial charge on any atom is 0.320 e. The number of nitrogens with one attached hydrogen (secondary N) is 1. The van der Waals surface area contributed by atoms with Crippen LogP contribution in [0, 0.1) is 10.2 Å². The van der Waals surface area contributed by atoms with Crippen molar-refractivity contribution in [2.24, 2.45) is 5.73 Å². The van der Waals surface area contributed by atoms with Crippen molar-refractivity contribution in [3.63, 3.8) is 0 Å². The number of halogens is 1. The molecule has 0 bridgehead atoms. The second-order valence-corrected chi connectivity index (χ2v) is 8.90. The van der Waals surface area contributed by atoms with Gasteiger partial charge in [0.15, 0.2) is 0 Å². The molecule has 0 radical (unpaired) electrons. The van der Waals surface area contributed by atoms with Crippen LogP contribution >= 0.6 is 0 Å². The number of carbonyl (C=O) groups is 1. The van der Waals surface area contributed by atoms with Gasteiger partial charge in [0.05, 0.1) is 6.26 Å². The predicted molar refractivity (Wildman–Crippen MR) is 89.9 cm³/mol. The fraction of sp³-hybridized carbons (Fsp3) is 0.438. The van der Waals surface area contributed by atoms with Gasteiger partial charge in [-0.25, -0.2) is 18.6 Å². The first-order valence-corrected chi connectivity index (χ1v) is 11.0. The van der Waals surface area contributed by atoms with E-state index in [2.05, 4.69) is 35.6 Å². The summed E-state index contributed by atoms with van der Waals surface area (Å²) < 4.78 is 34.0. The summed E-state index contributed by atoms with van der Waals surface area (Å²) in [5.41, 5.74) is 8.09. The number of carboxylic acids is 1. The Morgan fingerprint density at radius 1 is 1.27 bits per heavy atom. The average molecular weight is 407 g/mol. The van der Waals surface area contributed by atoms with E-state index in [0.717, 1.165) is 24.3 Å². The summed E-state index contributed by atoms with van der Waals surface area (Å²) in [6.07, 6.45) is 7.06. The third kappa shape index (κ3) is 9.39. The Morgan fingerprint density at radius 2 is 1.88 bits per heavy atom. The molecule has 0 fully saturated rings. The molecule has 2 unspecified atom stereocenters. The topological polar surface area (TPSA) is 171 Å². The predicted octanol–water partition coefficient (Wildman–Crippen LogP) is -2.61. The van der Waals surface area contributed by atoms with Crippen molar-refractivity contribution in [3.05, 3.63) is 36.0 Å².